The van der Waals surface area contributed by atoms with Crippen LogP contribution in [0, 0.1) is 23.1 Å². The standard InChI is InChI=1S/C16H24FN3/c1-11(2)13-3-5-20(6-4-13)10-12-7-14(16(18)19)9-15(17)8-12/h7-9,11,13H,3-6,10H2,1-2H3,(H3,18,19). The lowest BCUT2D eigenvalue weighted by atomic mass is 9.86. The molecule has 0 amide bonds. The van der Waals surface area contributed by atoms with E-state index in [1.54, 1.807) is 6.07 Å². The van der Waals surface area contributed by atoms with E-state index in [1.807, 2.05) is 6.07 Å². The second kappa shape index (κ2) is 6.35. The van der Waals surface area contributed by atoms with Gasteiger partial charge in [-0.25, -0.2) is 4.39 Å². The van der Waals surface area contributed by atoms with Gasteiger partial charge in [0, 0.05) is 12.1 Å². The Labute approximate surface area is 120 Å². The number of rotatable bonds is 4. The highest BCUT2D eigenvalue weighted by atomic mass is 19.1. The molecule has 3 nitrogen and oxygen atoms in total. The third kappa shape index (κ3) is 3.79. The largest absolute Gasteiger partial charge is 0.384 e. The van der Waals surface area contributed by atoms with Crippen molar-refractivity contribution in [3.8, 4) is 0 Å². The SMILES string of the molecule is CC(C)C1CCN(Cc2cc(F)cc(C(=N)N)c2)CC1. The second-order valence-electron chi connectivity index (χ2n) is 6.12. The zero-order valence-electron chi connectivity index (χ0n) is 12.3. The van der Waals surface area contributed by atoms with Crippen molar-refractivity contribution in [3.05, 3.63) is 35.1 Å². The molecule has 1 aromatic carbocycles. The number of benzene rings is 1. The van der Waals surface area contributed by atoms with Crippen LogP contribution in [0.2, 0.25) is 0 Å². The molecule has 1 aliphatic rings. The van der Waals surface area contributed by atoms with E-state index in [4.69, 9.17) is 11.1 Å². The van der Waals surface area contributed by atoms with Crippen LogP contribution in [0.25, 0.3) is 0 Å². The number of hydrogen-bond donors (Lipinski definition) is 2. The third-order valence-electron chi connectivity index (χ3n) is 4.25. The first-order chi connectivity index (χ1) is 9.45. The minimum absolute atomic E-state index is 0.0794. The van der Waals surface area contributed by atoms with Crippen LogP contribution < -0.4 is 5.73 Å². The summed E-state index contributed by atoms with van der Waals surface area (Å²) >= 11 is 0. The zero-order chi connectivity index (χ0) is 14.7. The van der Waals surface area contributed by atoms with Crippen molar-refractivity contribution in [2.24, 2.45) is 17.6 Å². The van der Waals surface area contributed by atoms with Gasteiger partial charge in [0.2, 0.25) is 0 Å². The van der Waals surface area contributed by atoms with Crippen molar-refractivity contribution in [2.75, 3.05) is 13.1 Å². The maximum Gasteiger partial charge on any atom is 0.124 e. The summed E-state index contributed by atoms with van der Waals surface area (Å²) < 4.78 is 13.5. The van der Waals surface area contributed by atoms with Crippen LogP contribution in [0.15, 0.2) is 18.2 Å². The number of likely N-dealkylation sites (tertiary alicyclic amines) is 1. The van der Waals surface area contributed by atoms with Gasteiger partial charge < -0.3 is 5.73 Å². The van der Waals surface area contributed by atoms with E-state index in [0.717, 1.165) is 37.0 Å². The average Bonchev–Trinajstić information content (AvgIpc) is 2.38. The van der Waals surface area contributed by atoms with Crippen LogP contribution in [0.5, 0.6) is 0 Å². The predicted molar refractivity (Wildman–Crippen MR) is 80.3 cm³/mol. The molecule has 110 valence electrons. The van der Waals surface area contributed by atoms with Gasteiger partial charge in [-0.2, -0.15) is 0 Å². The molecule has 1 heterocycles. The highest BCUT2D eigenvalue weighted by Gasteiger charge is 2.21. The van der Waals surface area contributed by atoms with Crippen LogP contribution in [-0.2, 0) is 6.54 Å². The highest BCUT2D eigenvalue weighted by molar-refractivity contribution is 5.95. The highest BCUT2D eigenvalue weighted by Crippen LogP contribution is 2.25. The zero-order valence-corrected chi connectivity index (χ0v) is 12.3. The molecular formula is C16H24FN3. The van der Waals surface area contributed by atoms with E-state index in [1.165, 1.54) is 18.9 Å². The lowest BCUT2D eigenvalue weighted by Crippen LogP contribution is -2.34. The molecule has 0 saturated carbocycles. The fourth-order valence-corrected chi connectivity index (χ4v) is 2.93. The Bertz CT molecular complexity index is 477. The van der Waals surface area contributed by atoms with Gasteiger partial charge in [-0.15, -0.1) is 0 Å². The number of nitrogens with one attached hydrogen (secondary N) is 1. The molecule has 1 aromatic rings. The molecule has 3 N–H and O–H groups in total. The fourth-order valence-electron chi connectivity index (χ4n) is 2.93. The maximum absolute atomic E-state index is 13.5. The lowest BCUT2D eigenvalue weighted by molar-refractivity contribution is 0.152. The first-order valence-corrected chi connectivity index (χ1v) is 7.32. The number of hydrogen-bond acceptors (Lipinski definition) is 2. The Hall–Kier alpha value is -1.42. The molecule has 4 heteroatoms. The molecule has 0 spiro atoms. The maximum atomic E-state index is 13.5. The molecule has 0 bridgehead atoms. The summed E-state index contributed by atoms with van der Waals surface area (Å²) in [7, 11) is 0. The van der Waals surface area contributed by atoms with Crippen molar-refractivity contribution < 1.29 is 4.39 Å². The van der Waals surface area contributed by atoms with Crippen molar-refractivity contribution in [1.29, 1.82) is 5.41 Å². The quantitative estimate of drug-likeness (QED) is 0.656. The summed E-state index contributed by atoms with van der Waals surface area (Å²) in [5, 5.41) is 7.42. The molecule has 1 fully saturated rings. The van der Waals surface area contributed by atoms with Crippen molar-refractivity contribution >= 4 is 5.84 Å². The molecule has 20 heavy (non-hydrogen) atoms. The third-order valence-corrected chi connectivity index (χ3v) is 4.25. The molecule has 1 aliphatic heterocycles. The normalized spacial score (nSPS) is 17.6. The van der Waals surface area contributed by atoms with Gasteiger partial charge in [-0.3, -0.25) is 10.3 Å². The lowest BCUT2D eigenvalue weighted by Gasteiger charge is -2.33. The Morgan fingerprint density at radius 3 is 2.55 bits per heavy atom. The molecule has 1 saturated heterocycles. The van der Waals surface area contributed by atoms with Crippen LogP contribution in [0.4, 0.5) is 4.39 Å². The van der Waals surface area contributed by atoms with E-state index >= 15 is 0 Å². The summed E-state index contributed by atoms with van der Waals surface area (Å²) in [5.41, 5.74) is 6.81. The van der Waals surface area contributed by atoms with Gasteiger partial charge in [0.25, 0.3) is 0 Å². The van der Waals surface area contributed by atoms with Crippen LogP contribution in [-0.4, -0.2) is 23.8 Å². The molecule has 0 radical (unpaired) electrons. The van der Waals surface area contributed by atoms with Crippen molar-refractivity contribution in [2.45, 2.75) is 33.2 Å². The van der Waals surface area contributed by atoms with E-state index in [9.17, 15) is 4.39 Å². The fraction of sp³-hybridized carbons (Fsp3) is 0.562. The van der Waals surface area contributed by atoms with E-state index in [0.29, 0.717) is 5.56 Å². The van der Waals surface area contributed by atoms with E-state index in [-0.39, 0.29) is 11.7 Å². The minimum atomic E-state index is -0.315. The van der Waals surface area contributed by atoms with Crippen molar-refractivity contribution in [3.63, 3.8) is 0 Å². The predicted octanol–water partition coefficient (Wildman–Crippen LogP) is 2.98. The van der Waals surface area contributed by atoms with Gasteiger partial charge in [0.05, 0.1) is 0 Å². The van der Waals surface area contributed by atoms with Gasteiger partial charge in [-0.1, -0.05) is 13.8 Å². The van der Waals surface area contributed by atoms with Crippen LogP contribution in [0.3, 0.4) is 0 Å². The van der Waals surface area contributed by atoms with Gasteiger partial charge >= 0.3 is 0 Å². The smallest absolute Gasteiger partial charge is 0.124 e. The molecule has 0 aliphatic carbocycles. The summed E-state index contributed by atoms with van der Waals surface area (Å²) in [4.78, 5) is 2.36. The number of piperidine rings is 1. The molecule has 0 unspecified atom stereocenters. The molecule has 2 rings (SSSR count). The molecule has 0 aromatic heterocycles. The first kappa shape index (κ1) is 15.0. The van der Waals surface area contributed by atoms with Gasteiger partial charge in [0.1, 0.15) is 11.7 Å². The summed E-state index contributed by atoms with van der Waals surface area (Å²) in [5.74, 6) is 1.16. The number of nitrogen functional groups attached to an aromatic ring is 1. The second-order valence-corrected chi connectivity index (χ2v) is 6.12. The topological polar surface area (TPSA) is 53.1 Å². The number of nitrogens with zero attached hydrogens (tertiary/aromatic N) is 1. The van der Waals surface area contributed by atoms with Crippen LogP contribution >= 0.6 is 0 Å². The number of halogens is 1. The summed E-state index contributed by atoms with van der Waals surface area (Å²) in [6, 6.07) is 4.68. The van der Waals surface area contributed by atoms with Crippen molar-refractivity contribution in [1.82, 2.24) is 4.90 Å². The Morgan fingerprint density at radius 2 is 2.00 bits per heavy atom. The average molecular weight is 277 g/mol. The number of nitrogens with two attached hydrogens (primary N) is 1. The van der Waals surface area contributed by atoms with Gasteiger partial charge in [0.15, 0.2) is 0 Å². The molecule has 0 atom stereocenters. The Kier molecular flexibility index (Phi) is 4.76. The Morgan fingerprint density at radius 1 is 1.35 bits per heavy atom. The minimum Gasteiger partial charge on any atom is -0.384 e. The van der Waals surface area contributed by atoms with E-state index in [2.05, 4.69) is 18.7 Å². The number of amidine groups is 1. The monoisotopic (exact) mass is 277 g/mol. The first-order valence-electron chi connectivity index (χ1n) is 7.32. The van der Waals surface area contributed by atoms with Crippen LogP contribution in [0.1, 0.15) is 37.8 Å². The van der Waals surface area contributed by atoms with Gasteiger partial charge in [-0.05, 0) is 61.5 Å². The molecular weight excluding hydrogens is 253 g/mol. The summed E-state index contributed by atoms with van der Waals surface area (Å²) in [6.07, 6.45) is 2.43. The Balaban J connectivity index is 1.99. The summed E-state index contributed by atoms with van der Waals surface area (Å²) in [6.45, 7) is 7.43. The van der Waals surface area contributed by atoms with E-state index < -0.39 is 0 Å².